The fourth-order valence-corrected chi connectivity index (χ4v) is 6.61. The zero-order chi connectivity index (χ0) is 26.0. The minimum Gasteiger partial charge on any atom is -0.466 e. The number of hydrogen-bond donors (Lipinski definition) is 1. The first-order valence-electron chi connectivity index (χ1n) is 12.8. The molecule has 4 rings (SSSR count). The van der Waals surface area contributed by atoms with E-state index in [9.17, 15) is 19.5 Å². The second kappa shape index (κ2) is 10.9. The van der Waals surface area contributed by atoms with Gasteiger partial charge in [-0.25, -0.2) is 0 Å². The topological polar surface area (TPSA) is 96.4 Å². The maximum atomic E-state index is 14.4. The van der Waals surface area contributed by atoms with E-state index in [1.807, 2.05) is 19.1 Å². The van der Waals surface area contributed by atoms with E-state index in [1.165, 1.54) is 0 Å². The van der Waals surface area contributed by atoms with Gasteiger partial charge in [0, 0.05) is 19.7 Å². The zero-order valence-electron chi connectivity index (χ0n) is 21.0. The van der Waals surface area contributed by atoms with Crippen LogP contribution in [0.25, 0.3) is 0 Å². The minimum absolute atomic E-state index is 0.0670. The summed E-state index contributed by atoms with van der Waals surface area (Å²) in [5.74, 6) is -2.47. The van der Waals surface area contributed by atoms with Gasteiger partial charge in [0.1, 0.15) is 11.6 Å². The second-order valence-electron chi connectivity index (χ2n) is 9.77. The molecule has 9 heteroatoms. The number of nitrogens with zero attached hydrogens (tertiary/aromatic N) is 2. The predicted molar refractivity (Wildman–Crippen MR) is 136 cm³/mol. The lowest BCUT2D eigenvalue weighted by Crippen LogP contribution is -2.56. The van der Waals surface area contributed by atoms with Crippen LogP contribution in [0.1, 0.15) is 44.6 Å². The molecule has 3 aliphatic heterocycles. The fourth-order valence-electron chi connectivity index (χ4n) is 6.28. The molecule has 5 atom stereocenters. The number of benzene rings is 1. The van der Waals surface area contributed by atoms with Crippen LogP contribution in [0, 0.1) is 18.8 Å². The Bertz CT molecular complexity index is 1010. The Morgan fingerprint density at radius 1 is 1.36 bits per heavy atom. The monoisotopic (exact) mass is 518 g/mol. The summed E-state index contributed by atoms with van der Waals surface area (Å²) in [6, 6.07) is 4.54. The molecular formula is C27H35ClN2O6. The van der Waals surface area contributed by atoms with Gasteiger partial charge in [0.25, 0.3) is 5.91 Å². The number of para-hydroxylation sites is 1. The number of halogens is 1. The van der Waals surface area contributed by atoms with E-state index in [4.69, 9.17) is 21.1 Å². The first-order chi connectivity index (χ1) is 17.3. The number of carbonyl (C=O) groups is 3. The molecule has 0 aromatic heterocycles. The molecule has 3 heterocycles. The van der Waals surface area contributed by atoms with Crippen LogP contribution in [0.3, 0.4) is 0 Å². The number of anilines is 1. The maximum Gasteiger partial charge on any atom is 0.312 e. The highest BCUT2D eigenvalue weighted by atomic mass is 35.5. The molecule has 0 radical (unpaired) electrons. The van der Waals surface area contributed by atoms with Gasteiger partial charge in [-0.1, -0.05) is 29.8 Å². The Morgan fingerprint density at radius 3 is 2.81 bits per heavy atom. The predicted octanol–water partition coefficient (Wildman–Crippen LogP) is 3.27. The van der Waals surface area contributed by atoms with Crippen LogP contribution in [0.5, 0.6) is 0 Å². The van der Waals surface area contributed by atoms with Crippen LogP contribution in [-0.4, -0.2) is 71.8 Å². The van der Waals surface area contributed by atoms with Crippen LogP contribution in [0.15, 0.2) is 30.9 Å². The van der Waals surface area contributed by atoms with E-state index >= 15 is 0 Å². The minimum atomic E-state index is -1.10. The fraction of sp³-hybridized carbons (Fsp3) is 0.593. The highest BCUT2D eigenvalue weighted by molar-refractivity contribution is 6.34. The molecule has 2 unspecified atom stereocenters. The van der Waals surface area contributed by atoms with Crippen molar-refractivity contribution in [2.45, 2.75) is 63.7 Å². The molecule has 1 aromatic carbocycles. The molecule has 36 heavy (non-hydrogen) atoms. The summed E-state index contributed by atoms with van der Waals surface area (Å²) in [7, 11) is 0. The van der Waals surface area contributed by atoms with Crippen molar-refractivity contribution in [2.24, 2.45) is 11.8 Å². The third-order valence-corrected chi connectivity index (χ3v) is 7.99. The first-order valence-corrected chi connectivity index (χ1v) is 13.1. The Morgan fingerprint density at radius 2 is 2.14 bits per heavy atom. The highest BCUT2D eigenvalue weighted by Gasteiger charge is 2.75. The molecular weight excluding hydrogens is 484 g/mol. The van der Waals surface area contributed by atoms with E-state index in [0.29, 0.717) is 49.4 Å². The smallest absolute Gasteiger partial charge is 0.312 e. The van der Waals surface area contributed by atoms with E-state index in [0.717, 1.165) is 5.56 Å². The van der Waals surface area contributed by atoms with Crippen LogP contribution in [0.4, 0.5) is 5.69 Å². The molecule has 8 nitrogen and oxygen atoms in total. The summed E-state index contributed by atoms with van der Waals surface area (Å²) in [4.78, 5) is 44.4. The number of fused-ring (bicyclic) bond motifs is 1. The van der Waals surface area contributed by atoms with Crippen molar-refractivity contribution in [3.05, 3.63) is 41.4 Å². The Labute approximate surface area is 217 Å². The molecule has 196 valence electrons. The lowest BCUT2D eigenvalue weighted by atomic mass is 9.70. The van der Waals surface area contributed by atoms with Crippen molar-refractivity contribution in [1.29, 1.82) is 0 Å². The van der Waals surface area contributed by atoms with Gasteiger partial charge in [-0.05, 0) is 57.6 Å². The van der Waals surface area contributed by atoms with Gasteiger partial charge in [-0.15, -0.1) is 6.58 Å². The third kappa shape index (κ3) is 4.33. The van der Waals surface area contributed by atoms with Gasteiger partial charge >= 0.3 is 5.97 Å². The molecule has 2 bridgehead atoms. The van der Waals surface area contributed by atoms with Crippen LogP contribution in [-0.2, 0) is 23.9 Å². The number of esters is 1. The van der Waals surface area contributed by atoms with Gasteiger partial charge in [-0.3, -0.25) is 14.4 Å². The number of rotatable bonds is 11. The average molecular weight is 519 g/mol. The van der Waals surface area contributed by atoms with Gasteiger partial charge in [0.15, 0.2) is 0 Å². The number of aliphatic hydroxyl groups excluding tert-OH is 1. The molecule has 1 aromatic rings. The van der Waals surface area contributed by atoms with Crippen molar-refractivity contribution in [2.75, 3.05) is 31.2 Å². The van der Waals surface area contributed by atoms with Crippen molar-refractivity contribution < 1.29 is 29.0 Å². The number of aliphatic hydroxyl groups is 1. The van der Waals surface area contributed by atoms with Crippen LogP contribution in [0.2, 0.25) is 5.02 Å². The van der Waals surface area contributed by atoms with Gasteiger partial charge < -0.3 is 24.4 Å². The highest BCUT2D eigenvalue weighted by Crippen LogP contribution is 2.59. The molecule has 0 aliphatic carbocycles. The first kappa shape index (κ1) is 26.6. The lowest BCUT2D eigenvalue weighted by Gasteiger charge is -2.37. The molecule has 0 saturated carbocycles. The van der Waals surface area contributed by atoms with E-state index in [-0.39, 0.29) is 31.6 Å². The summed E-state index contributed by atoms with van der Waals surface area (Å²) < 4.78 is 11.8. The summed E-state index contributed by atoms with van der Waals surface area (Å²) in [5, 5.41) is 9.62. The van der Waals surface area contributed by atoms with Crippen molar-refractivity contribution in [3.63, 3.8) is 0 Å². The standard InChI is InChI=1S/C27H35ClN2O6/c1-4-14-29(22-17(3)10-9-11-18(22)28)25(33)23-27-13-12-19(36-27)20(26(34)35-5-2)21(27)24(32)30(23)15-7-6-8-16-31/h4,9-11,19-21,23,31H,1,5-8,12-16H2,2-3H3/t19-,20+,21-,23?,27?/m0/s1. The van der Waals surface area contributed by atoms with Gasteiger partial charge in [-0.2, -0.15) is 0 Å². The maximum absolute atomic E-state index is 14.4. The van der Waals surface area contributed by atoms with Gasteiger partial charge in [0.05, 0.1) is 35.3 Å². The summed E-state index contributed by atoms with van der Waals surface area (Å²) >= 11 is 6.56. The quantitative estimate of drug-likeness (QED) is 0.274. The van der Waals surface area contributed by atoms with Crippen molar-refractivity contribution in [3.8, 4) is 0 Å². The van der Waals surface area contributed by atoms with E-state index in [2.05, 4.69) is 6.58 Å². The molecule has 3 fully saturated rings. The van der Waals surface area contributed by atoms with Gasteiger partial charge in [0.2, 0.25) is 5.91 Å². The number of aryl methyl sites for hydroxylation is 1. The van der Waals surface area contributed by atoms with E-state index in [1.54, 1.807) is 28.9 Å². The number of unbranched alkanes of at least 4 members (excludes halogenated alkanes) is 2. The SMILES string of the molecule is C=CCN(C(=O)C1N(CCCCCO)C(=O)[C@@H]2[C@H](C(=O)OCC)[C@@H]3CCC12O3)c1c(C)cccc1Cl. The molecule has 1 spiro atoms. The Balaban J connectivity index is 1.76. The number of amides is 2. The molecule has 2 amide bonds. The largest absolute Gasteiger partial charge is 0.466 e. The lowest BCUT2D eigenvalue weighted by molar-refractivity contribution is -0.154. The summed E-state index contributed by atoms with van der Waals surface area (Å²) in [6.45, 7) is 8.26. The van der Waals surface area contributed by atoms with Crippen molar-refractivity contribution in [1.82, 2.24) is 4.90 Å². The Hall–Kier alpha value is -2.42. The van der Waals surface area contributed by atoms with E-state index < -0.39 is 35.6 Å². The number of likely N-dealkylation sites (tertiary alicyclic amines) is 1. The third-order valence-electron chi connectivity index (χ3n) is 7.69. The molecule has 1 N–H and O–H groups in total. The van der Waals surface area contributed by atoms with Crippen LogP contribution < -0.4 is 4.90 Å². The summed E-state index contributed by atoms with van der Waals surface area (Å²) in [5.41, 5.74) is 0.305. The second-order valence-corrected chi connectivity index (χ2v) is 10.2. The number of ether oxygens (including phenoxy) is 2. The number of hydrogen-bond acceptors (Lipinski definition) is 6. The average Bonchev–Trinajstić information content (AvgIpc) is 3.48. The molecule has 3 saturated heterocycles. The summed E-state index contributed by atoms with van der Waals surface area (Å²) in [6.07, 6.45) is 4.23. The number of carbonyl (C=O) groups excluding carboxylic acids is 3. The normalized spacial score (nSPS) is 28.3. The Kier molecular flexibility index (Phi) is 8.07. The van der Waals surface area contributed by atoms with Crippen LogP contribution >= 0.6 is 11.6 Å². The van der Waals surface area contributed by atoms with Crippen molar-refractivity contribution >= 4 is 35.1 Å². The molecule has 3 aliphatic rings. The zero-order valence-corrected chi connectivity index (χ0v) is 21.7.